The minimum absolute atomic E-state index is 0.364. The summed E-state index contributed by atoms with van der Waals surface area (Å²) in [6.07, 6.45) is 0. The predicted molar refractivity (Wildman–Crippen MR) is 102 cm³/mol. The Morgan fingerprint density at radius 1 is 1.00 bits per heavy atom. The standard InChI is InChI=1S/C22H18N2O2/c1-26-22(25)20-8-4-5-9-21(20)24-15-16-10-12-17(13-11-16)19-7-3-2-6-18(19)14-23/h2-13,24H,15H2,1H3. The zero-order chi connectivity index (χ0) is 18.4. The summed E-state index contributed by atoms with van der Waals surface area (Å²) in [5.74, 6) is -0.364. The number of benzene rings is 3. The van der Waals surface area contributed by atoms with Gasteiger partial charge in [-0.15, -0.1) is 0 Å². The summed E-state index contributed by atoms with van der Waals surface area (Å²) < 4.78 is 4.81. The predicted octanol–water partition coefficient (Wildman–Crippen LogP) is 4.62. The third kappa shape index (κ3) is 3.73. The van der Waals surface area contributed by atoms with E-state index in [-0.39, 0.29) is 5.97 Å². The molecule has 0 bridgehead atoms. The molecule has 0 spiro atoms. The molecule has 0 fully saturated rings. The Morgan fingerprint density at radius 2 is 1.69 bits per heavy atom. The first kappa shape index (κ1) is 17.2. The molecule has 128 valence electrons. The molecular weight excluding hydrogens is 324 g/mol. The second-order valence-corrected chi connectivity index (χ2v) is 5.75. The molecule has 3 aromatic rings. The fourth-order valence-electron chi connectivity index (χ4n) is 2.76. The number of hydrogen-bond donors (Lipinski definition) is 1. The van der Waals surface area contributed by atoms with E-state index in [0.717, 1.165) is 22.4 Å². The van der Waals surface area contributed by atoms with Crippen molar-refractivity contribution in [1.82, 2.24) is 0 Å². The van der Waals surface area contributed by atoms with Crippen LogP contribution in [0.2, 0.25) is 0 Å². The minimum atomic E-state index is -0.364. The van der Waals surface area contributed by atoms with Gasteiger partial charge in [0.15, 0.2) is 0 Å². The fourth-order valence-corrected chi connectivity index (χ4v) is 2.76. The van der Waals surface area contributed by atoms with Crippen LogP contribution >= 0.6 is 0 Å². The molecule has 0 atom stereocenters. The molecule has 3 rings (SSSR count). The van der Waals surface area contributed by atoms with Gasteiger partial charge in [-0.2, -0.15) is 5.26 Å². The summed E-state index contributed by atoms with van der Waals surface area (Å²) in [5, 5.41) is 12.5. The van der Waals surface area contributed by atoms with Crippen molar-refractivity contribution in [1.29, 1.82) is 5.26 Å². The lowest BCUT2D eigenvalue weighted by Crippen LogP contribution is -2.08. The molecule has 0 radical (unpaired) electrons. The number of para-hydroxylation sites is 1. The van der Waals surface area contributed by atoms with Crippen molar-refractivity contribution in [2.75, 3.05) is 12.4 Å². The van der Waals surface area contributed by atoms with Crippen LogP contribution in [0.4, 0.5) is 5.69 Å². The first-order valence-corrected chi connectivity index (χ1v) is 8.22. The molecular formula is C22H18N2O2. The van der Waals surface area contributed by atoms with Crippen LogP contribution in [0.15, 0.2) is 72.8 Å². The Bertz CT molecular complexity index is 956. The van der Waals surface area contributed by atoms with Crippen LogP contribution in [0.3, 0.4) is 0 Å². The number of esters is 1. The van der Waals surface area contributed by atoms with E-state index in [9.17, 15) is 10.1 Å². The molecule has 26 heavy (non-hydrogen) atoms. The van der Waals surface area contributed by atoms with Crippen molar-refractivity contribution in [2.24, 2.45) is 0 Å². The molecule has 0 saturated heterocycles. The maximum Gasteiger partial charge on any atom is 0.339 e. The topological polar surface area (TPSA) is 62.1 Å². The van der Waals surface area contributed by atoms with E-state index in [1.54, 1.807) is 12.1 Å². The van der Waals surface area contributed by atoms with Crippen molar-refractivity contribution in [3.63, 3.8) is 0 Å². The number of nitrogens with zero attached hydrogens (tertiary/aromatic N) is 1. The number of nitriles is 1. The smallest absolute Gasteiger partial charge is 0.339 e. The summed E-state index contributed by atoms with van der Waals surface area (Å²) in [6, 6.07) is 25.0. The van der Waals surface area contributed by atoms with Crippen molar-refractivity contribution in [3.8, 4) is 17.2 Å². The highest BCUT2D eigenvalue weighted by Crippen LogP contribution is 2.24. The van der Waals surface area contributed by atoms with Crippen LogP contribution in [0, 0.1) is 11.3 Å². The molecule has 1 N–H and O–H groups in total. The molecule has 0 amide bonds. The molecule has 0 saturated carbocycles. The Kier molecular flexibility index (Phi) is 5.31. The van der Waals surface area contributed by atoms with E-state index in [0.29, 0.717) is 17.7 Å². The third-order valence-electron chi connectivity index (χ3n) is 4.13. The molecule has 0 unspecified atom stereocenters. The van der Waals surface area contributed by atoms with Crippen LogP contribution < -0.4 is 5.32 Å². The number of nitrogens with one attached hydrogen (secondary N) is 1. The van der Waals surface area contributed by atoms with E-state index in [1.807, 2.05) is 60.7 Å². The number of anilines is 1. The molecule has 0 aliphatic rings. The number of carbonyl (C=O) groups is 1. The first-order valence-electron chi connectivity index (χ1n) is 8.22. The highest BCUT2D eigenvalue weighted by Gasteiger charge is 2.10. The minimum Gasteiger partial charge on any atom is -0.465 e. The molecule has 0 aliphatic heterocycles. The van der Waals surface area contributed by atoms with Gasteiger partial charge < -0.3 is 10.1 Å². The van der Waals surface area contributed by atoms with Gasteiger partial charge in [0.2, 0.25) is 0 Å². The van der Waals surface area contributed by atoms with E-state index in [4.69, 9.17) is 4.74 Å². The van der Waals surface area contributed by atoms with Crippen molar-refractivity contribution in [3.05, 3.63) is 89.5 Å². The highest BCUT2D eigenvalue weighted by atomic mass is 16.5. The molecule has 4 heteroatoms. The van der Waals surface area contributed by atoms with Gasteiger partial charge in [0, 0.05) is 12.2 Å². The zero-order valence-corrected chi connectivity index (χ0v) is 14.4. The van der Waals surface area contributed by atoms with Gasteiger partial charge in [-0.3, -0.25) is 0 Å². The van der Waals surface area contributed by atoms with Crippen LogP contribution in [-0.4, -0.2) is 13.1 Å². The fraction of sp³-hybridized carbons (Fsp3) is 0.0909. The van der Waals surface area contributed by atoms with Crippen LogP contribution in [-0.2, 0) is 11.3 Å². The Labute approximate surface area is 152 Å². The Balaban J connectivity index is 1.75. The van der Waals surface area contributed by atoms with Crippen molar-refractivity contribution in [2.45, 2.75) is 6.54 Å². The largest absolute Gasteiger partial charge is 0.465 e. The zero-order valence-electron chi connectivity index (χ0n) is 14.4. The normalized spacial score (nSPS) is 10.0. The quantitative estimate of drug-likeness (QED) is 0.687. The van der Waals surface area contributed by atoms with E-state index < -0.39 is 0 Å². The first-order chi connectivity index (χ1) is 12.7. The van der Waals surface area contributed by atoms with Gasteiger partial charge in [-0.1, -0.05) is 54.6 Å². The second-order valence-electron chi connectivity index (χ2n) is 5.75. The van der Waals surface area contributed by atoms with Crippen molar-refractivity contribution < 1.29 is 9.53 Å². The van der Waals surface area contributed by atoms with Gasteiger partial charge in [0.25, 0.3) is 0 Å². The molecule has 0 aliphatic carbocycles. The molecule has 0 heterocycles. The summed E-state index contributed by atoms with van der Waals surface area (Å²) in [7, 11) is 1.37. The molecule has 3 aromatic carbocycles. The lowest BCUT2D eigenvalue weighted by Gasteiger charge is -2.11. The summed E-state index contributed by atoms with van der Waals surface area (Å²) in [6.45, 7) is 0.578. The average molecular weight is 342 g/mol. The summed E-state index contributed by atoms with van der Waals surface area (Å²) in [5.41, 5.74) is 4.90. The van der Waals surface area contributed by atoms with Gasteiger partial charge >= 0.3 is 5.97 Å². The summed E-state index contributed by atoms with van der Waals surface area (Å²) in [4.78, 5) is 11.8. The number of rotatable bonds is 5. The SMILES string of the molecule is COC(=O)c1ccccc1NCc1ccc(-c2ccccc2C#N)cc1. The number of carbonyl (C=O) groups excluding carboxylic acids is 1. The molecule has 0 aromatic heterocycles. The van der Waals surface area contributed by atoms with E-state index in [2.05, 4.69) is 11.4 Å². The van der Waals surface area contributed by atoms with Crippen LogP contribution in [0.5, 0.6) is 0 Å². The summed E-state index contributed by atoms with van der Waals surface area (Å²) >= 11 is 0. The van der Waals surface area contributed by atoms with Crippen LogP contribution in [0.25, 0.3) is 11.1 Å². The maximum absolute atomic E-state index is 11.8. The van der Waals surface area contributed by atoms with Crippen LogP contribution in [0.1, 0.15) is 21.5 Å². The number of methoxy groups -OCH3 is 1. The Morgan fingerprint density at radius 3 is 2.42 bits per heavy atom. The maximum atomic E-state index is 11.8. The Hall–Kier alpha value is -3.58. The lowest BCUT2D eigenvalue weighted by atomic mass is 9.99. The van der Waals surface area contributed by atoms with E-state index in [1.165, 1.54) is 7.11 Å². The average Bonchev–Trinajstić information content (AvgIpc) is 2.72. The van der Waals surface area contributed by atoms with Gasteiger partial charge in [0.1, 0.15) is 0 Å². The van der Waals surface area contributed by atoms with E-state index >= 15 is 0 Å². The van der Waals surface area contributed by atoms with Gasteiger partial charge in [-0.05, 0) is 34.9 Å². The number of hydrogen-bond acceptors (Lipinski definition) is 4. The number of ether oxygens (including phenoxy) is 1. The van der Waals surface area contributed by atoms with Gasteiger partial charge in [0.05, 0.1) is 24.3 Å². The highest BCUT2D eigenvalue weighted by molar-refractivity contribution is 5.95. The lowest BCUT2D eigenvalue weighted by molar-refractivity contribution is 0.0602. The monoisotopic (exact) mass is 342 g/mol. The van der Waals surface area contributed by atoms with Gasteiger partial charge in [-0.25, -0.2) is 4.79 Å². The second kappa shape index (κ2) is 8.00. The molecule has 4 nitrogen and oxygen atoms in total. The van der Waals surface area contributed by atoms with Crippen molar-refractivity contribution >= 4 is 11.7 Å². The third-order valence-corrected chi connectivity index (χ3v) is 4.13.